The van der Waals surface area contributed by atoms with Gasteiger partial charge in [0.05, 0.1) is 6.26 Å². The number of amides is 2. The molecule has 3 aromatic rings. The number of carbonyl (C=O) groups is 1. The number of nitrogens with one attached hydrogen (secondary N) is 2. The van der Waals surface area contributed by atoms with Crippen molar-refractivity contribution >= 4 is 27.4 Å². The molecule has 1 aliphatic rings. The van der Waals surface area contributed by atoms with Crippen molar-refractivity contribution in [1.82, 2.24) is 10.2 Å². The fourth-order valence-electron chi connectivity index (χ4n) is 4.65. The number of rotatable bonds is 11. The number of phenolic OH excluding ortho intramolecular Hbond substituents is 1. The Morgan fingerprint density at radius 1 is 0.975 bits per heavy atom. The maximum absolute atomic E-state index is 13.1. The third-order valence-electron chi connectivity index (χ3n) is 6.78. The summed E-state index contributed by atoms with van der Waals surface area (Å²) in [6, 6.07) is 21.5. The molecule has 3 aromatic carbocycles. The Balaban J connectivity index is 1.24. The summed E-state index contributed by atoms with van der Waals surface area (Å²) in [7, 11) is -3.32. The molecule has 3 N–H and O–H groups in total. The van der Waals surface area contributed by atoms with E-state index in [0.29, 0.717) is 23.7 Å². The van der Waals surface area contributed by atoms with Gasteiger partial charge in [-0.3, -0.25) is 14.5 Å². The molecule has 0 aliphatic carbocycles. The summed E-state index contributed by atoms with van der Waals surface area (Å²) in [5, 5.41) is 12.8. The van der Waals surface area contributed by atoms with E-state index in [1.165, 1.54) is 5.56 Å². The molecule has 1 aliphatic heterocycles. The number of ether oxygens (including phenoxy) is 1. The predicted octanol–water partition coefficient (Wildman–Crippen LogP) is 5.54. The van der Waals surface area contributed by atoms with Crippen molar-refractivity contribution in [2.45, 2.75) is 45.2 Å². The normalized spacial score (nSPS) is 14.4. The molecule has 0 spiro atoms. The molecule has 2 amide bonds. The second kappa shape index (κ2) is 13.5. The predicted molar refractivity (Wildman–Crippen MR) is 159 cm³/mol. The van der Waals surface area contributed by atoms with Crippen LogP contribution in [0.1, 0.15) is 38.2 Å². The average Bonchev–Trinajstić information content (AvgIpc) is 2.92. The molecule has 0 unspecified atom stereocenters. The monoisotopic (exact) mass is 566 g/mol. The lowest BCUT2D eigenvalue weighted by Gasteiger charge is -2.34. The molecule has 9 nitrogen and oxygen atoms in total. The topological polar surface area (TPSA) is 111 Å². The standard InChI is InChI=1S/C30H38N4O5S/c1-3-4-19-34(26-9-11-27(35)12-10-26)30(36)31-24-17-20-33(21-18-24)22-23-5-13-28(14-6-23)39-29-15-7-25(8-16-29)32-40(2,37)38/h5-16,24,32,35H,3-4,17-22H2,1-2H3,(H,31,36). The summed E-state index contributed by atoms with van der Waals surface area (Å²) in [5.41, 5.74) is 2.45. The van der Waals surface area contributed by atoms with E-state index in [2.05, 4.69) is 21.9 Å². The molecule has 214 valence electrons. The second-order valence-corrected chi connectivity index (χ2v) is 11.9. The summed E-state index contributed by atoms with van der Waals surface area (Å²) in [4.78, 5) is 17.3. The van der Waals surface area contributed by atoms with Gasteiger partial charge in [-0.2, -0.15) is 0 Å². The van der Waals surface area contributed by atoms with Crippen molar-refractivity contribution < 1.29 is 23.1 Å². The molecule has 0 bridgehead atoms. The minimum Gasteiger partial charge on any atom is -0.508 e. The van der Waals surface area contributed by atoms with Crippen LogP contribution in [0.3, 0.4) is 0 Å². The zero-order valence-electron chi connectivity index (χ0n) is 23.0. The van der Waals surface area contributed by atoms with Crippen LogP contribution in [0.15, 0.2) is 72.8 Å². The highest BCUT2D eigenvalue weighted by molar-refractivity contribution is 7.92. The van der Waals surface area contributed by atoms with Crippen molar-refractivity contribution in [3.05, 3.63) is 78.4 Å². The molecule has 0 radical (unpaired) electrons. The summed E-state index contributed by atoms with van der Waals surface area (Å²) >= 11 is 0. The number of benzene rings is 3. The zero-order chi connectivity index (χ0) is 28.5. The Bertz CT molecular complexity index is 1340. The largest absolute Gasteiger partial charge is 0.508 e. The summed E-state index contributed by atoms with van der Waals surface area (Å²) < 4.78 is 31.0. The molecule has 0 saturated carbocycles. The molecular formula is C30H38N4O5S. The lowest BCUT2D eigenvalue weighted by molar-refractivity contribution is 0.188. The molecule has 1 heterocycles. The van der Waals surface area contributed by atoms with E-state index in [1.807, 2.05) is 24.3 Å². The number of unbranched alkanes of at least 4 members (excludes halogenated alkanes) is 1. The number of likely N-dealkylation sites (tertiary alicyclic amines) is 1. The van der Waals surface area contributed by atoms with Crippen LogP contribution in [-0.4, -0.2) is 56.4 Å². The lowest BCUT2D eigenvalue weighted by Crippen LogP contribution is -2.49. The van der Waals surface area contributed by atoms with Gasteiger partial charge < -0.3 is 15.2 Å². The Labute approximate surface area is 236 Å². The van der Waals surface area contributed by atoms with Crippen LogP contribution in [0.5, 0.6) is 17.2 Å². The minimum absolute atomic E-state index is 0.0884. The number of hydrogen-bond donors (Lipinski definition) is 3. The van der Waals surface area contributed by atoms with E-state index in [4.69, 9.17) is 4.74 Å². The van der Waals surface area contributed by atoms with Crippen molar-refractivity contribution in [1.29, 1.82) is 0 Å². The van der Waals surface area contributed by atoms with Crippen molar-refractivity contribution in [3.63, 3.8) is 0 Å². The first-order chi connectivity index (χ1) is 19.2. The van der Waals surface area contributed by atoms with Crippen LogP contribution in [0.4, 0.5) is 16.2 Å². The number of anilines is 2. The van der Waals surface area contributed by atoms with Gasteiger partial charge in [0.1, 0.15) is 17.2 Å². The summed E-state index contributed by atoms with van der Waals surface area (Å²) in [5.74, 6) is 1.51. The first kappa shape index (κ1) is 29.2. The summed E-state index contributed by atoms with van der Waals surface area (Å²) in [6.07, 6.45) is 4.78. The lowest BCUT2D eigenvalue weighted by atomic mass is 10.0. The van der Waals surface area contributed by atoms with Crippen LogP contribution in [0.25, 0.3) is 0 Å². The van der Waals surface area contributed by atoms with Gasteiger partial charge in [-0.1, -0.05) is 25.5 Å². The molecule has 0 atom stereocenters. The Morgan fingerprint density at radius 2 is 1.57 bits per heavy atom. The van der Waals surface area contributed by atoms with Crippen LogP contribution in [-0.2, 0) is 16.6 Å². The maximum Gasteiger partial charge on any atom is 0.322 e. The van der Waals surface area contributed by atoms with Gasteiger partial charge in [-0.15, -0.1) is 0 Å². The molecule has 40 heavy (non-hydrogen) atoms. The molecular weight excluding hydrogens is 528 g/mol. The molecule has 1 saturated heterocycles. The van der Waals surface area contributed by atoms with E-state index in [-0.39, 0.29) is 17.8 Å². The van der Waals surface area contributed by atoms with Gasteiger partial charge in [-0.05, 0) is 85.5 Å². The molecule has 1 fully saturated rings. The van der Waals surface area contributed by atoms with Gasteiger partial charge >= 0.3 is 6.03 Å². The second-order valence-electron chi connectivity index (χ2n) is 10.2. The Hall–Kier alpha value is -3.76. The minimum atomic E-state index is -3.32. The van der Waals surface area contributed by atoms with Crippen molar-refractivity contribution in [3.8, 4) is 17.2 Å². The average molecular weight is 567 g/mol. The van der Waals surface area contributed by atoms with Crippen LogP contribution < -0.4 is 19.7 Å². The van der Waals surface area contributed by atoms with Crippen LogP contribution in [0.2, 0.25) is 0 Å². The van der Waals surface area contributed by atoms with E-state index < -0.39 is 10.0 Å². The number of carbonyl (C=O) groups excluding carboxylic acids is 1. The fraction of sp³-hybridized carbons (Fsp3) is 0.367. The number of sulfonamides is 1. The first-order valence-corrected chi connectivity index (χ1v) is 15.5. The SMILES string of the molecule is CCCCN(C(=O)NC1CCN(Cc2ccc(Oc3ccc(NS(C)(=O)=O)cc3)cc2)CC1)c1ccc(O)cc1. The Kier molecular flexibility index (Phi) is 9.89. The van der Waals surface area contributed by atoms with E-state index in [9.17, 15) is 18.3 Å². The number of urea groups is 1. The van der Waals surface area contributed by atoms with Crippen molar-refractivity contribution in [2.75, 3.05) is 35.5 Å². The van der Waals surface area contributed by atoms with Gasteiger partial charge in [0, 0.05) is 43.6 Å². The zero-order valence-corrected chi connectivity index (χ0v) is 23.9. The quantitative estimate of drug-likeness (QED) is 0.281. The third-order valence-corrected chi connectivity index (χ3v) is 7.39. The molecule has 10 heteroatoms. The maximum atomic E-state index is 13.1. The van der Waals surface area contributed by atoms with Crippen LogP contribution in [0, 0.1) is 0 Å². The highest BCUT2D eigenvalue weighted by Gasteiger charge is 2.24. The molecule has 4 rings (SSSR count). The van der Waals surface area contributed by atoms with Gasteiger partial charge in [0.15, 0.2) is 0 Å². The third kappa shape index (κ3) is 8.89. The van der Waals surface area contributed by atoms with E-state index in [1.54, 1.807) is 53.4 Å². The first-order valence-electron chi connectivity index (χ1n) is 13.6. The van der Waals surface area contributed by atoms with Gasteiger partial charge in [-0.25, -0.2) is 13.2 Å². The smallest absolute Gasteiger partial charge is 0.322 e. The Morgan fingerprint density at radius 3 is 2.15 bits per heavy atom. The van der Waals surface area contributed by atoms with Gasteiger partial charge in [0.25, 0.3) is 0 Å². The van der Waals surface area contributed by atoms with Crippen molar-refractivity contribution in [2.24, 2.45) is 0 Å². The van der Waals surface area contributed by atoms with E-state index in [0.717, 1.165) is 57.3 Å². The number of phenols is 1. The highest BCUT2D eigenvalue weighted by atomic mass is 32.2. The fourth-order valence-corrected chi connectivity index (χ4v) is 5.21. The summed E-state index contributed by atoms with van der Waals surface area (Å²) in [6.45, 7) is 5.35. The highest BCUT2D eigenvalue weighted by Crippen LogP contribution is 2.25. The molecule has 0 aromatic heterocycles. The number of aromatic hydroxyl groups is 1. The number of hydrogen-bond acceptors (Lipinski definition) is 6. The van der Waals surface area contributed by atoms with E-state index >= 15 is 0 Å². The van der Waals surface area contributed by atoms with Crippen LogP contribution >= 0.6 is 0 Å². The number of nitrogens with zero attached hydrogens (tertiary/aromatic N) is 2. The number of piperidine rings is 1. The van der Waals surface area contributed by atoms with Gasteiger partial charge in [0.2, 0.25) is 10.0 Å².